The lowest BCUT2D eigenvalue weighted by atomic mass is 9.82. The molecule has 0 radical (unpaired) electrons. The summed E-state index contributed by atoms with van der Waals surface area (Å²) < 4.78 is 0. The van der Waals surface area contributed by atoms with Crippen molar-refractivity contribution in [2.45, 2.75) is 37.6 Å². The van der Waals surface area contributed by atoms with E-state index in [1.807, 2.05) is 18.2 Å². The number of benzene rings is 2. The highest BCUT2D eigenvalue weighted by molar-refractivity contribution is 6.34. The fraction of sp³-hybridized carbons (Fsp3) is 0.300. The third-order valence-corrected chi connectivity index (χ3v) is 5.03. The zero-order valence-electron chi connectivity index (χ0n) is 14.4. The first-order valence-electron chi connectivity index (χ1n) is 8.74. The van der Waals surface area contributed by atoms with Crippen molar-refractivity contribution in [1.82, 2.24) is 0 Å². The van der Waals surface area contributed by atoms with Gasteiger partial charge in [0.25, 0.3) is 5.91 Å². The number of nitrogens with two attached hydrogens (primary N) is 1. The van der Waals surface area contributed by atoms with Crippen molar-refractivity contribution in [3.63, 3.8) is 0 Å². The van der Waals surface area contributed by atoms with Gasteiger partial charge in [0.15, 0.2) is 0 Å². The molecular formula is C20H22ClN3O2. The molecule has 0 spiro atoms. The van der Waals surface area contributed by atoms with Crippen LogP contribution < -0.4 is 16.4 Å². The summed E-state index contributed by atoms with van der Waals surface area (Å²) in [7, 11) is 0. The average molecular weight is 372 g/mol. The molecular weight excluding hydrogens is 350 g/mol. The summed E-state index contributed by atoms with van der Waals surface area (Å²) in [5.74, 6) is -0.550. The predicted molar refractivity (Wildman–Crippen MR) is 104 cm³/mol. The van der Waals surface area contributed by atoms with Crippen LogP contribution >= 0.6 is 11.6 Å². The van der Waals surface area contributed by atoms with Gasteiger partial charge in [-0.3, -0.25) is 9.59 Å². The molecule has 1 aliphatic rings. The van der Waals surface area contributed by atoms with Crippen LogP contribution in [-0.2, 0) is 4.79 Å². The molecule has 3 rings (SSSR count). The van der Waals surface area contributed by atoms with Gasteiger partial charge in [-0.1, -0.05) is 49.1 Å². The molecule has 0 aromatic heterocycles. The van der Waals surface area contributed by atoms with Crippen molar-refractivity contribution in [2.75, 3.05) is 10.6 Å². The van der Waals surface area contributed by atoms with Crippen molar-refractivity contribution >= 4 is 34.8 Å². The maximum atomic E-state index is 12.6. The normalized spacial score (nSPS) is 15.9. The van der Waals surface area contributed by atoms with Crippen LogP contribution in [0.15, 0.2) is 48.5 Å². The summed E-state index contributed by atoms with van der Waals surface area (Å²) in [6.45, 7) is 0. The lowest BCUT2D eigenvalue weighted by Gasteiger charge is -2.31. The lowest BCUT2D eigenvalue weighted by Crippen LogP contribution is -2.52. The number of carbonyl (C=O) groups excluding carboxylic acids is 2. The molecule has 4 N–H and O–H groups in total. The summed E-state index contributed by atoms with van der Waals surface area (Å²) in [5, 5.41) is 5.94. The largest absolute Gasteiger partial charge is 0.324 e. The van der Waals surface area contributed by atoms with Crippen LogP contribution in [0.1, 0.15) is 42.5 Å². The lowest BCUT2D eigenvalue weighted by molar-refractivity contribution is -0.122. The third kappa shape index (κ3) is 4.23. The molecule has 0 bridgehead atoms. The van der Waals surface area contributed by atoms with Gasteiger partial charge in [0.05, 0.1) is 16.1 Å². The maximum absolute atomic E-state index is 12.6. The third-order valence-electron chi connectivity index (χ3n) is 4.70. The Hall–Kier alpha value is -2.37. The molecule has 0 saturated heterocycles. The van der Waals surface area contributed by atoms with E-state index in [1.165, 1.54) is 0 Å². The molecule has 0 heterocycles. The molecule has 0 aliphatic heterocycles. The fourth-order valence-corrected chi connectivity index (χ4v) is 3.37. The van der Waals surface area contributed by atoms with Gasteiger partial charge in [0, 0.05) is 11.4 Å². The van der Waals surface area contributed by atoms with Crippen molar-refractivity contribution < 1.29 is 9.59 Å². The second-order valence-corrected chi connectivity index (χ2v) is 7.09. The molecule has 5 nitrogen and oxygen atoms in total. The summed E-state index contributed by atoms with van der Waals surface area (Å²) >= 11 is 6.17. The Morgan fingerprint density at radius 3 is 2.31 bits per heavy atom. The van der Waals surface area contributed by atoms with E-state index in [2.05, 4.69) is 10.6 Å². The van der Waals surface area contributed by atoms with Crippen LogP contribution in [0.25, 0.3) is 0 Å². The van der Waals surface area contributed by atoms with Crippen LogP contribution in [0.5, 0.6) is 0 Å². The Bertz CT molecular complexity index is 802. The molecule has 2 aromatic carbocycles. The fourth-order valence-electron chi connectivity index (χ4n) is 3.16. The van der Waals surface area contributed by atoms with E-state index in [4.69, 9.17) is 17.3 Å². The Morgan fingerprint density at radius 2 is 1.62 bits per heavy atom. The highest BCUT2D eigenvalue weighted by Gasteiger charge is 2.35. The minimum absolute atomic E-state index is 0.214. The van der Waals surface area contributed by atoms with Crippen molar-refractivity contribution in [1.29, 1.82) is 0 Å². The van der Waals surface area contributed by atoms with Crippen LogP contribution in [0.3, 0.4) is 0 Å². The number of halogens is 1. The Morgan fingerprint density at radius 1 is 0.923 bits per heavy atom. The first-order valence-corrected chi connectivity index (χ1v) is 9.12. The molecule has 1 saturated carbocycles. The number of carbonyl (C=O) groups is 2. The number of amides is 2. The number of anilines is 2. The van der Waals surface area contributed by atoms with Gasteiger partial charge in [-0.15, -0.1) is 0 Å². The van der Waals surface area contributed by atoms with Crippen molar-refractivity contribution in [3.8, 4) is 0 Å². The quantitative estimate of drug-likeness (QED) is 0.753. The summed E-state index contributed by atoms with van der Waals surface area (Å²) in [4.78, 5) is 25.1. The Labute approximate surface area is 157 Å². The smallest absolute Gasteiger partial charge is 0.257 e. The van der Waals surface area contributed by atoms with Gasteiger partial charge in [0.1, 0.15) is 0 Å². The number of nitrogens with one attached hydrogen (secondary N) is 2. The van der Waals surface area contributed by atoms with Crippen LogP contribution in [0.2, 0.25) is 5.02 Å². The second-order valence-electron chi connectivity index (χ2n) is 6.69. The minimum atomic E-state index is -0.843. The van der Waals surface area contributed by atoms with Crippen LogP contribution in [0.4, 0.5) is 11.4 Å². The molecule has 1 fully saturated rings. The van der Waals surface area contributed by atoms with Crippen molar-refractivity contribution in [3.05, 3.63) is 59.1 Å². The first kappa shape index (κ1) is 18.4. The number of hydrogen-bond donors (Lipinski definition) is 3. The number of para-hydroxylation sites is 1. The Kier molecular flexibility index (Phi) is 5.59. The first-order chi connectivity index (χ1) is 12.5. The van der Waals surface area contributed by atoms with E-state index < -0.39 is 5.54 Å². The Balaban J connectivity index is 1.75. The SMILES string of the molecule is NC1(C(=O)Nc2ccc(Cl)c(C(=O)Nc3ccccc3)c2)CCCCC1. The molecule has 26 heavy (non-hydrogen) atoms. The van der Waals surface area contributed by atoms with E-state index in [9.17, 15) is 9.59 Å². The van der Waals surface area contributed by atoms with E-state index >= 15 is 0 Å². The molecule has 136 valence electrons. The molecule has 2 amide bonds. The summed E-state index contributed by atoms with van der Waals surface area (Å²) in [6, 6.07) is 14.0. The predicted octanol–water partition coefficient (Wildman–Crippen LogP) is 4.19. The second kappa shape index (κ2) is 7.89. The number of hydrogen-bond acceptors (Lipinski definition) is 3. The van der Waals surface area contributed by atoms with E-state index in [0.717, 1.165) is 19.3 Å². The van der Waals surface area contributed by atoms with Gasteiger partial charge in [0.2, 0.25) is 5.91 Å². The van der Waals surface area contributed by atoms with Crippen LogP contribution in [0, 0.1) is 0 Å². The standard InChI is InChI=1S/C20H22ClN3O2/c21-17-10-9-15(24-19(26)20(22)11-5-2-6-12-20)13-16(17)18(25)23-14-7-3-1-4-8-14/h1,3-4,7-10,13H,2,5-6,11-12,22H2,(H,23,25)(H,24,26). The van der Waals surface area contributed by atoms with Gasteiger partial charge in [-0.2, -0.15) is 0 Å². The monoisotopic (exact) mass is 371 g/mol. The highest BCUT2D eigenvalue weighted by atomic mass is 35.5. The highest BCUT2D eigenvalue weighted by Crippen LogP contribution is 2.28. The topological polar surface area (TPSA) is 84.2 Å². The minimum Gasteiger partial charge on any atom is -0.324 e. The molecule has 2 aromatic rings. The van der Waals surface area contributed by atoms with Gasteiger partial charge in [-0.05, 0) is 43.2 Å². The van der Waals surface area contributed by atoms with Crippen LogP contribution in [-0.4, -0.2) is 17.4 Å². The summed E-state index contributed by atoms with van der Waals surface area (Å²) in [6.07, 6.45) is 4.36. The molecule has 0 atom stereocenters. The average Bonchev–Trinajstić information content (AvgIpc) is 2.64. The summed E-state index contributed by atoms with van der Waals surface area (Å²) in [5.41, 5.74) is 6.89. The van der Waals surface area contributed by atoms with E-state index in [-0.39, 0.29) is 11.8 Å². The van der Waals surface area contributed by atoms with Crippen molar-refractivity contribution in [2.24, 2.45) is 5.73 Å². The molecule has 1 aliphatic carbocycles. The zero-order chi connectivity index (χ0) is 18.6. The molecule has 6 heteroatoms. The van der Waals surface area contributed by atoms with Gasteiger partial charge >= 0.3 is 0 Å². The van der Waals surface area contributed by atoms with E-state index in [1.54, 1.807) is 30.3 Å². The van der Waals surface area contributed by atoms with Gasteiger partial charge in [-0.25, -0.2) is 0 Å². The zero-order valence-corrected chi connectivity index (χ0v) is 15.2. The molecule has 0 unspecified atom stereocenters. The number of rotatable bonds is 4. The van der Waals surface area contributed by atoms with Gasteiger partial charge < -0.3 is 16.4 Å². The van der Waals surface area contributed by atoms with E-state index in [0.29, 0.717) is 34.8 Å². The maximum Gasteiger partial charge on any atom is 0.257 e.